The Kier molecular flexibility index (Phi) is 4.05. The zero-order chi connectivity index (χ0) is 12.1. The number of hydrogen-bond acceptors (Lipinski definition) is 3. The molecule has 92 valence electrons. The molecular weight excluding hydrogens is 230 g/mol. The minimum absolute atomic E-state index is 0.193. The smallest absolute Gasteiger partial charge is 0.156 e. The maximum absolute atomic E-state index is 4.61. The van der Waals surface area contributed by atoms with Gasteiger partial charge in [-0.05, 0) is 38.3 Å². The monoisotopic (exact) mass is 249 g/mol. The van der Waals surface area contributed by atoms with E-state index in [0.717, 1.165) is 23.9 Å². The van der Waals surface area contributed by atoms with Crippen LogP contribution in [0.2, 0.25) is 0 Å². The molecule has 0 amide bonds. The molecule has 1 aliphatic heterocycles. The summed E-state index contributed by atoms with van der Waals surface area (Å²) < 4.78 is 0. The van der Waals surface area contributed by atoms with Gasteiger partial charge in [0.15, 0.2) is 5.17 Å². The van der Waals surface area contributed by atoms with Gasteiger partial charge in [0, 0.05) is 30.2 Å². The zero-order valence-electron chi connectivity index (χ0n) is 10.4. The van der Waals surface area contributed by atoms with E-state index in [1.54, 1.807) is 6.20 Å². The fourth-order valence-corrected chi connectivity index (χ4v) is 3.05. The van der Waals surface area contributed by atoms with Crippen LogP contribution in [0.4, 0.5) is 0 Å². The van der Waals surface area contributed by atoms with Gasteiger partial charge in [-0.25, -0.2) is 0 Å². The van der Waals surface area contributed by atoms with Crippen LogP contribution in [0.3, 0.4) is 0 Å². The predicted octanol–water partition coefficient (Wildman–Crippen LogP) is 2.49. The van der Waals surface area contributed by atoms with E-state index < -0.39 is 0 Å². The minimum atomic E-state index is 0.193. The lowest BCUT2D eigenvalue weighted by molar-refractivity contribution is 0.446. The summed E-state index contributed by atoms with van der Waals surface area (Å²) >= 11 is 1.82. The molecular formula is C13H19N3S. The third-order valence-corrected chi connectivity index (χ3v) is 3.70. The van der Waals surface area contributed by atoms with Gasteiger partial charge in [0.25, 0.3) is 0 Å². The van der Waals surface area contributed by atoms with Crippen molar-refractivity contribution in [2.24, 2.45) is 4.99 Å². The van der Waals surface area contributed by atoms with E-state index in [0.29, 0.717) is 0 Å². The summed E-state index contributed by atoms with van der Waals surface area (Å²) in [6.45, 7) is 5.28. The third kappa shape index (κ3) is 4.04. The summed E-state index contributed by atoms with van der Waals surface area (Å²) in [7, 11) is 0. The van der Waals surface area contributed by atoms with E-state index in [2.05, 4.69) is 35.2 Å². The van der Waals surface area contributed by atoms with Gasteiger partial charge in [0.05, 0.1) is 0 Å². The molecule has 2 rings (SSSR count). The Labute approximate surface area is 107 Å². The molecule has 0 atom stereocenters. The first-order valence-electron chi connectivity index (χ1n) is 6.00. The van der Waals surface area contributed by atoms with Crippen molar-refractivity contribution in [3.05, 3.63) is 30.1 Å². The third-order valence-electron chi connectivity index (χ3n) is 2.79. The van der Waals surface area contributed by atoms with Crippen LogP contribution in [0.1, 0.15) is 25.8 Å². The highest BCUT2D eigenvalue weighted by Gasteiger charge is 2.23. The van der Waals surface area contributed by atoms with Gasteiger partial charge < -0.3 is 5.32 Å². The molecule has 1 saturated heterocycles. The molecule has 1 aliphatic rings. The molecule has 17 heavy (non-hydrogen) atoms. The van der Waals surface area contributed by atoms with Gasteiger partial charge in [-0.3, -0.25) is 9.98 Å². The van der Waals surface area contributed by atoms with Gasteiger partial charge in [0.2, 0.25) is 0 Å². The van der Waals surface area contributed by atoms with Crippen LogP contribution >= 0.6 is 11.8 Å². The second kappa shape index (κ2) is 5.54. The fraction of sp³-hybridized carbons (Fsp3) is 0.538. The zero-order valence-corrected chi connectivity index (χ0v) is 11.3. The Morgan fingerprint density at radius 3 is 3.12 bits per heavy atom. The Balaban J connectivity index is 1.85. The van der Waals surface area contributed by atoms with Crippen LogP contribution in [0.25, 0.3) is 0 Å². The average molecular weight is 249 g/mol. The topological polar surface area (TPSA) is 37.3 Å². The standard InChI is InChI=1S/C13H19N3S/c1-13(2)6-9-17-12(16-13)15-8-5-11-4-3-7-14-10-11/h3-4,7,10H,5-6,8-9H2,1-2H3,(H,15,16). The summed E-state index contributed by atoms with van der Waals surface area (Å²) in [5.41, 5.74) is 1.44. The van der Waals surface area contributed by atoms with Crippen LogP contribution in [0.5, 0.6) is 0 Å². The van der Waals surface area contributed by atoms with Crippen LogP contribution < -0.4 is 5.32 Å². The number of aromatic nitrogens is 1. The first kappa shape index (κ1) is 12.4. The molecule has 1 aromatic rings. The molecule has 0 aliphatic carbocycles. The van der Waals surface area contributed by atoms with Crippen molar-refractivity contribution in [1.82, 2.24) is 10.3 Å². The van der Waals surface area contributed by atoms with Gasteiger partial charge in [-0.15, -0.1) is 0 Å². The first-order valence-corrected chi connectivity index (χ1v) is 6.99. The number of rotatable bonds is 3. The van der Waals surface area contributed by atoms with E-state index in [4.69, 9.17) is 0 Å². The molecule has 4 heteroatoms. The Bertz CT molecular complexity index is 387. The largest absolute Gasteiger partial charge is 0.360 e. The van der Waals surface area contributed by atoms with Crippen LogP contribution in [-0.4, -0.2) is 28.0 Å². The number of nitrogens with zero attached hydrogens (tertiary/aromatic N) is 2. The fourth-order valence-electron chi connectivity index (χ4n) is 1.71. The van der Waals surface area contributed by atoms with Crippen molar-refractivity contribution in [3.63, 3.8) is 0 Å². The number of nitrogens with one attached hydrogen (secondary N) is 1. The molecule has 0 saturated carbocycles. The lowest BCUT2D eigenvalue weighted by Crippen LogP contribution is -2.46. The van der Waals surface area contributed by atoms with E-state index in [9.17, 15) is 0 Å². The van der Waals surface area contributed by atoms with Crippen molar-refractivity contribution >= 4 is 16.9 Å². The number of aliphatic imine (C=N–C) groups is 1. The quantitative estimate of drug-likeness (QED) is 0.894. The number of thioether (sulfide) groups is 1. The number of amidine groups is 1. The maximum atomic E-state index is 4.61. The second-order valence-corrected chi connectivity index (χ2v) is 5.99. The molecule has 3 nitrogen and oxygen atoms in total. The van der Waals surface area contributed by atoms with Crippen molar-refractivity contribution in [1.29, 1.82) is 0 Å². The normalized spacial score (nSPS) is 21.2. The molecule has 2 heterocycles. The van der Waals surface area contributed by atoms with Gasteiger partial charge >= 0.3 is 0 Å². The van der Waals surface area contributed by atoms with E-state index >= 15 is 0 Å². The molecule has 0 aromatic carbocycles. The number of hydrogen-bond donors (Lipinski definition) is 1. The van der Waals surface area contributed by atoms with Gasteiger partial charge in [-0.1, -0.05) is 17.8 Å². The summed E-state index contributed by atoms with van der Waals surface area (Å²) in [5.74, 6) is 1.16. The molecule has 0 unspecified atom stereocenters. The first-order chi connectivity index (χ1) is 8.16. The lowest BCUT2D eigenvalue weighted by atomic mass is 10.0. The van der Waals surface area contributed by atoms with Crippen molar-refractivity contribution in [2.75, 3.05) is 12.3 Å². The predicted molar refractivity (Wildman–Crippen MR) is 74.5 cm³/mol. The highest BCUT2D eigenvalue weighted by atomic mass is 32.2. The summed E-state index contributed by atoms with van der Waals surface area (Å²) in [6, 6.07) is 4.07. The summed E-state index contributed by atoms with van der Waals surface area (Å²) in [5, 5.41) is 4.56. The summed E-state index contributed by atoms with van der Waals surface area (Å²) in [6.07, 6.45) is 5.86. The molecule has 0 radical (unpaired) electrons. The lowest BCUT2D eigenvalue weighted by Gasteiger charge is -2.32. The van der Waals surface area contributed by atoms with E-state index in [1.807, 2.05) is 24.0 Å². The van der Waals surface area contributed by atoms with E-state index in [1.165, 1.54) is 12.0 Å². The minimum Gasteiger partial charge on any atom is -0.360 e. The SMILES string of the molecule is CC1(C)CCSC(=NCCc2cccnc2)N1. The van der Waals surface area contributed by atoms with E-state index in [-0.39, 0.29) is 5.54 Å². The van der Waals surface area contributed by atoms with Gasteiger partial charge in [0.1, 0.15) is 0 Å². The van der Waals surface area contributed by atoms with Crippen molar-refractivity contribution in [3.8, 4) is 0 Å². The second-order valence-electron chi connectivity index (χ2n) is 4.91. The molecule has 0 spiro atoms. The Morgan fingerprint density at radius 2 is 2.41 bits per heavy atom. The Morgan fingerprint density at radius 1 is 1.53 bits per heavy atom. The molecule has 1 fully saturated rings. The molecule has 0 bridgehead atoms. The van der Waals surface area contributed by atoms with Crippen molar-refractivity contribution in [2.45, 2.75) is 32.2 Å². The highest BCUT2D eigenvalue weighted by Crippen LogP contribution is 2.21. The van der Waals surface area contributed by atoms with Crippen LogP contribution in [-0.2, 0) is 6.42 Å². The molecule has 1 N–H and O–H groups in total. The van der Waals surface area contributed by atoms with Crippen LogP contribution in [0, 0.1) is 0 Å². The highest BCUT2D eigenvalue weighted by molar-refractivity contribution is 8.13. The molecule has 1 aromatic heterocycles. The summed E-state index contributed by atoms with van der Waals surface area (Å²) in [4.78, 5) is 8.72. The van der Waals surface area contributed by atoms with Gasteiger partial charge in [-0.2, -0.15) is 0 Å². The van der Waals surface area contributed by atoms with Crippen LogP contribution in [0.15, 0.2) is 29.5 Å². The maximum Gasteiger partial charge on any atom is 0.156 e. The number of pyridine rings is 1. The van der Waals surface area contributed by atoms with Crippen molar-refractivity contribution < 1.29 is 0 Å². The Hall–Kier alpha value is -1.03. The average Bonchev–Trinajstić information content (AvgIpc) is 2.29.